The number of rotatable bonds is 2. The van der Waals surface area contributed by atoms with Crippen molar-refractivity contribution in [1.29, 1.82) is 0 Å². The van der Waals surface area contributed by atoms with Gasteiger partial charge in [0.2, 0.25) is 0 Å². The molecule has 25 heavy (non-hydrogen) atoms. The Morgan fingerprint density at radius 2 is 1.88 bits per heavy atom. The molecule has 4 atom stereocenters. The van der Waals surface area contributed by atoms with E-state index in [-0.39, 0.29) is 23.3 Å². The monoisotopic (exact) mass is 340 g/mol. The Kier molecular flexibility index (Phi) is 2.73. The van der Waals surface area contributed by atoms with E-state index < -0.39 is 11.0 Å². The number of para-hydroxylation sites is 1. The van der Waals surface area contributed by atoms with Crippen LogP contribution in [0.15, 0.2) is 30.3 Å². The highest BCUT2D eigenvalue weighted by Gasteiger charge is 2.76. The lowest BCUT2D eigenvalue weighted by atomic mass is 9.67. The maximum atomic E-state index is 13.7. The summed E-state index contributed by atoms with van der Waals surface area (Å²) >= 11 is 0. The van der Waals surface area contributed by atoms with E-state index in [1.807, 2.05) is 37.3 Å². The number of amides is 2. The second-order valence-corrected chi connectivity index (χ2v) is 8.80. The zero-order valence-corrected chi connectivity index (χ0v) is 15.0. The van der Waals surface area contributed by atoms with Gasteiger partial charge in [-0.15, -0.1) is 0 Å². The number of epoxide rings is 1. The Morgan fingerprint density at radius 1 is 1.20 bits per heavy atom. The van der Waals surface area contributed by atoms with Crippen LogP contribution in [0.1, 0.15) is 40.0 Å². The number of hydrazine groups is 1. The van der Waals surface area contributed by atoms with Gasteiger partial charge in [-0.05, 0) is 49.7 Å². The van der Waals surface area contributed by atoms with Crippen molar-refractivity contribution in [3.05, 3.63) is 30.3 Å². The smallest absolute Gasteiger partial charge is 0.276 e. The molecule has 1 aromatic carbocycles. The summed E-state index contributed by atoms with van der Waals surface area (Å²) in [4.78, 5) is 27.0. The quantitative estimate of drug-likeness (QED) is 0.778. The molecule has 0 aromatic heterocycles. The first-order chi connectivity index (χ1) is 11.8. The first kappa shape index (κ1) is 15.4. The van der Waals surface area contributed by atoms with E-state index in [2.05, 4.69) is 13.8 Å². The van der Waals surface area contributed by atoms with Crippen molar-refractivity contribution in [2.75, 3.05) is 11.6 Å². The van der Waals surface area contributed by atoms with Crippen molar-refractivity contribution in [1.82, 2.24) is 5.01 Å². The van der Waals surface area contributed by atoms with Crippen molar-refractivity contribution >= 4 is 17.5 Å². The van der Waals surface area contributed by atoms with Gasteiger partial charge >= 0.3 is 0 Å². The molecule has 2 saturated heterocycles. The number of anilines is 1. The van der Waals surface area contributed by atoms with Crippen LogP contribution in [0.3, 0.4) is 0 Å². The number of ether oxygens (including phenoxy) is 1. The summed E-state index contributed by atoms with van der Waals surface area (Å²) in [5, 5.41) is 3.41. The molecule has 2 bridgehead atoms. The molecule has 2 amide bonds. The zero-order chi connectivity index (χ0) is 17.6. The van der Waals surface area contributed by atoms with Crippen LogP contribution in [-0.2, 0) is 14.3 Å². The Morgan fingerprint density at radius 3 is 2.48 bits per heavy atom. The Hall–Kier alpha value is -1.88. The number of carbonyl (C=O) groups excluding carboxylic acids is 2. The molecule has 0 N–H and O–H groups in total. The van der Waals surface area contributed by atoms with Crippen LogP contribution in [0.4, 0.5) is 5.69 Å². The Balaban J connectivity index is 1.67. The Bertz CT molecular complexity index is 770. The lowest BCUT2D eigenvalue weighted by molar-refractivity contribution is -0.139. The number of hydrogen-bond acceptors (Lipinski definition) is 3. The summed E-state index contributed by atoms with van der Waals surface area (Å²) in [6.45, 7) is 6.70. The second kappa shape index (κ2) is 4.44. The highest BCUT2D eigenvalue weighted by atomic mass is 16.6. The molecule has 0 unspecified atom stereocenters. The van der Waals surface area contributed by atoms with Gasteiger partial charge < -0.3 is 4.74 Å². The number of nitrogens with zero attached hydrogens (tertiary/aromatic N) is 2. The van der Waals surface area contributed by atoms with Crippen LogP contribution < -0.4 is 5.01 Å². The molecule has 4 fully saturated rings. The second-order valence-electron chi connectivity index (χ2n) is 8.80. The molecule has 5 heteroatoms. The van der Waals surface area contributed by atoms with Crippen LogP contribution in [0, 0.1) is 16.7 Å². The normalized spacial score (nSPS) is 40.5. The van der Waals surface area contributed by atoms with Crippen molar-refractivity contribution in [2.24, 2.45) is 16.7 Å². The minimum absolute atomic E-state index is 0.0533. The third kappa shape index (κ3) is 1.63. The van der Waals surface area contributed by atoms with E-state index in [4.69, 9.17) is 4.74 Å². The molecule has 5 rings (SSSR count). The average Bonchev–Trinajstić information content (AvgIpc) is 3.17. The van der Waals surface area contributed by atoms with E-state index in [1.54, 1.807) is 10.0 Å². The third-order valence-corrected chi connectivity index (χ3v) is 7.46. The molecule has 2 aliphatic carbocycles. The fraction of sp³-hybridized carbons (Fsp3) is 0.600. The van der Waals surface area contributed by atoms with Gasteiger partial charge in [0.05, 0.1) is 23.8 Å². The number of carbonyl (C=O) groups is 2. The summed E-state index contributed by atoms with van der Waals surface area (Å²) in [5.74, 6) is 0.517. The van der Waals surface area contributed by atoms with Gasteiger partial charge in [0.25, 0.3) is 11.8 Å². The minimum atomic E-state index is -0.773. The van der Waals surface area contributed by atoms with Gasteiger partial charge in [-0.25, -0.2) is 10.0 Å². The predicted octanol–water partition coefficient (Wildman–Crippen LogP) is 2.76. The van der Waals surface area contributed by atoms with E-state index in [0.29, 0.717) is 12.5 Å². The fourth-order valence-electron chi connectivity index (χ4n) is 5.71. The SMILES string of the molecule is CC1(C)[C@@H]2CC[C@]13C(=O)N(c1ccccc1)N(C(=O)[C@@]1(C)CO1)[C@@H]3C2. The summed E-state index contributed by atoms with van der Waals surface area (Å²) in [5.41, 5.74) is -0.547. The molecule has 1 aromatic rings. The highest BCUT2D eigenvalue weighted by Crippen LogP contribution is 2.70. The molecule has 4 aliphatic rings. The van der Waals surface area contributed by atoms with Crippen LogP contribution >= 0.6 is 0 Å². The van der Waals surface area contributed by atoms with Crippen molar-refractivity contribution in [3.8, 4) is 0 Å². The van der Waals surface area contributed by atoms with Crippen LogP contribution in [-0.4, -0.2) is 35.1 Å². The first-order valence-corrected chi connectivity index (χ1v) is 9.20. The summed E-state index contributed by atoms with van der Waals surface area (Å²) in [7, 11) is 0. The van der Waals surface area contributed by atoms with E-state index in [9.17, 15) is 9.59 Å². The number of benzene rings is 1. The first-order valence-electron chi connectivity index (χ1n) is 9.20. The molecule has 1 spiro atoms. The van der Waals surface area contributed by atoms with Gasteiger partial charge in [0, 0.05) is 0 Å². The number of fused-ring (bicyclic) bond motifs is 1. The lowest BCUT2D eigenvalue weighted by Gasteiger charge is -2.35. The predicted molar refractivity (Wildman–Crippen MR) is 92.5 cm³/mol. The van der Waals surface area contributed by atoms with E-state index in [0.717, 1.165) is 24.9 Å². The summed E-state index contributed by atoms with van der Waals surface area (Å²) < 4.78 is 5.44. The largest absolute Gasteiger partial charge is 0.359 e. The van der Waals surface area contributed by atoms with Gasteiger partial charge in [-0.3, -0.25) is 9.59 Å². The lowest BCUT2D eigenvalue weighted by Crippen LogP contribution is -2.52. The van der Waals surface area contributed by atoms with Crippen LogP contribution in [0.25, 0.3) is 0 Å². The van der Waals surface area contributed by atoms with Crippen LogP contribution in [0.2, 0.25) is 0 Å². The van der Waals surface area contributed by atoms with Gasteiger partial charge in [-0.2, -0.15) is 0 Å². The van der Waals surface area contributed by atoms with Gasteiger partial charge in [-0.1, -0.05) is 32.0 Å². The number of hydrogen-bond donors (Lipinski definition) is 0. The fourth-order valence-corrected chi connectivity index (χ4v) is 5.71. The molecule has 0 radical (unpaired) electrons. The molecule has 2 saturated carbocycles. The summed E-state index contributed by atoms with van der Waals surface area (Å²) in [6.07, 6.45) is 2.86. The molecule has 2 aliphatic heterocycles. The molecule has 132 valence electrons. The zero-order valence-electron chi connectivity index (χ0n) is 15.0. The average molecular weight is 340 g/mol. The molecule has 2 heterocycles. The highest BCUT2D eigenvalue weighted by molar-refractivity contribution is 6.06. The molecule has 5 nitrogen and oxygen atoms in total. The van der Waals surface area contributed by atoms with E-state index in [1.165, 1.54) is 0 Å². The van der Waals surface area contributed by atoms with Gasteiger partial charge in [0.15, 0.2) is 5.60 Å². The van der Waals surface area contributed by atoms with Crippen molar-refractivity contribution in [3.63, 3.8) is 0 Å². The Labute approximate surface area is 147 Å². The topological polar surface area (TPSA) is 53.2 Å². The molecular weight excluding hydrogens is 316 g/mol. The van der Waals surface area contributed by atoms with Crippen molar-refractivity contribution < 1.29 is 14.3 Å². The maximum Gasteiger partial charge on any atom is 0.276 e. The third-order valence-electron chi connectivity index (χ3n) is 7.46. The molecular formula is C20H24N2O3. The van der Waals surface area contributed by atoms with Crippen LogP contribution in [0.5, 0.6) is 0 Å². The van der Waals surface area contributed by atoms with Gasteiger partial charge in [0.1, 0.15) is 0 Å². The maximum absolute atomic E-state index is 13.7. The van der Waals surface area contributed by atoms with E-state index >= 15 is 0 Å². The summed E-state index contributed by atoms with van der Waals surface area (Å²) in [6, 6.07) is 9.51. The minimum Gasteiger partial charge on any atom is -0.359 e. The van der Waals surface area contributed by atoms with Crippen molar-refractivity contribution in [2.45, 2.75) is 51.7 Å². The standard InChI is InChI=1S/C20H24N2O3/c1-18(2)13-9-10-20(18)15(11-13)22(16(23)19(3)12-25-19)21(17(20)24)14-7-5-4-6-8-14/h4-8,13,15H,9-12H2,1-3H3/t13-,15-,19-,20+/m1/s1.